The van der Waals surface area contributed by atoms with Crippen LogP contribution in [0.3, 0.4) is 0 Å². The van der Waals surface area contributed by atoms with E-state index >= 15 is 0 Å². The number of carbonyl (C=O) groups excluding carboxylic acids is 1. The average molecular weight is 305 g/mol. The highest BCUT2D eigenvalue weighted by molar-refractivity contribution is 5.87. The molecule has 0 atom stereocenters. The van der Waals surface area contributed by atoms with Crippen LogP contribution in [0.5, 0.6) is 11.5 Å². The van der Waals surface area contributed by atoms with Crippen LogP contribution >= 0.6 is 0 Å². The van der Waals surface area contributed by atoms with Crippen molar-refractivity contribution in [1.82, 2.24) is 10.3 Å². The first-order chi connectivity index (χ1) is 10.7. The molecule has 0 bridgehead atoms. The van der Waals surface area contributed by atoms with Crippen LogP contribution in [-0.2, 0) is 4.79 Å². The van der Waals surface area contributed by atoms with E-state index in [2.05, 4.69) is 22.4 Å². The Morgan fingerprint density at radius 1 is 1.23 bits per heavy atom. The molecule has 0 unspecified atom stereocenters. The molecule has 0 aromatic heterocycles. The molecule has 0 spiro atoms. The van der Waals surface area contributed by atoms with E-state index in [4.69, 9.17) is 9.47 Å². The van der Waals surface area contributed by atoms with Crippen LogP contribution in [0, 0.1) is 0 Å². The molecule has 1 heterocycles. The fraction of sp³-hybridized carbons (Fsp3) is 0.500. The van der Waals surface area contributed by atoms with E-state index in [1.807, 2.05) is 0 Å². The predicted molar refractivity (Wildman–Crippen MR) is 85.4 cm³/mol. The second-order valence-electron chi connectivity index (χ2n) is 5.11. The number of nitrogens with zero attached hydrogens (tertiary/aromatic N) is 2. The van der Waals surface area contributed by atoms with Gasteiger partial charge in [-0.25, -0.2) is 5.43 Å². The van der Waals surface area contributed by atoms with Crippen molar-refractivity contribution in [1.29, 1.82) is 0 Å². The number of ether oxygens (including phenoxy) is 2. The van der Waals surface area contributed by atoms with Crippen LogP contribution in [0.2, 0.25) is 0 Å². The van der Waals surface area contributed by atoms with Gasteiger partial charge in [-0.1, -0.05) is 6.92 Å². The number of methoxy groups -OCH3 is 1. The minimum atomic E-state index is -0.249. The molecule has 1 saturated heterocycles. The summed E-state index contributed by atoms with van der Waals surface area (Å²) in [5.74, 6) is 1.13. The molecular formula is C16H23N3O3. The van der Waals surface area contributed by atoms with Crippen LogP contribution in [0.15, 0.2) is 29.4 Å². The summed E-state index contributed by atoms with van der Waals surface area (Å²) >= 11 is 0. The lowest BCUT2D eigenvalue weighted by Crippen LogP contribution is -2.35. The molecule has 1 aliphatic rings. The Balaban J connectivity index is 1.71. The van der Waals surface area contributed by atoms with Gasteiger partial charge in [-0.2, -0.15) is 5.10 Å². The van der Waals surface area contributed by atoms with Crippen LogP contribution < -0.4 is 14.9 Å². The quantitative estimate of drug-likeness (QED) is 0.812. The lowest BCUT2D eigenvalue weighted by molar-refractivity contribution is -0.123. The Morgan fingerprint density at radius 3 is 2.45 bits per heavy atom. The highest BCUT2D eigenvalue weighted by Gasteiger charge is 2.13. The largest absolute Gasteiger partial charge is 0.497 e. The summed E-state index contributed by atoms with van der Waals surface area (Å²) in [5.41, 5.74) is 3.60. The molecule has 22 heavy (non-hydrogen) atoms. The summed E-state index contributed by atoms with van der Waals surface area (Å²) in [7, 11) is 1.60. The van der Waals surface area contributed by atoms with Crippen molar-refractivity contribution >= 4 is 11.6 Å². The number of piperidine rings is 1. The highest BCUT2D eigenvalue weighted by atomic mass is 16.5. The van der Waals surface area contributed by atoms with Gasteiger partial charge in [-0.3, -0.25) is 4.79 Å². The lowest BCUT2D eigenvalue weighted by Gasteiger charge is -2.25. The van der Waals surface area contributed by atoms with Crippen molar-refractivity contribution in [2.45, 2.75) is 19.8 Å². The SMILES string of the molecule is CCN1CCC(=NNC(=O)COc2ccc(OC)cc2)CC1. The number of carbonyl (C=O) groups is 1. The molecule has 6 heteroatoms. The van der Waals surface area contributed by atoms with Crippen LogP contribution in [0.1, 0.15) is 19.8 Å². The fourth-order valence-corrected chi connectivity index (χ4v) is 2.23. The second kappa shape index (κ2) is 8.38. The van der Waals surface area contributed by atoms with Gasteiger partial charge >= 0.3 is 0 Å². The van der Waals surface area contributed by atoms with Crippen molar-refractivity contribution in [2.24, 2.45) is 5.10 Å². The maximum atomic E-state index is 11.7. The Morgan fingerprint density at radius 2 is 1.86 bits per heavy atom. The third-order valence-corrected chi connectivity index (χ3v) is 3.65. The minimum absolute atomic E-state index is 0.0514. The van der Waals surface area contributed by atoms with Gasteiger partial charge in [0.05, 0.1) is 7.11 Å². The minimum Gasteiger partial charge on any atom is -0.497 e. The molecule has 1 N–H and O–H groups in total. The van der Waals surface area contributed by atoms with Crippen LogP contribution in [0.25, 0.3) is 0 Å². The molecule has 0 aliphatic carbocycles. The molecule has 120 valence electrons. The van der Waals surface area contributed by atoms with E-state index in [1.165, 1.54) is 0 Å². The molecule has 2 rings (SSSR count). The first-order valence-corrected chi connectivity index (χ1v) is 7.54. The van der Waals surface area contributed by atoms with Crippen molar-refractivity contribution in [2.75, 3.05) is 33.4 Å². The van der Waals surface area contributed by atoms with E-state index in [1.54, 1.807) is 31.4 Å². The number of nitrogens with one attached hydrogen (secondary N) is 1. The normalized spacial score (nSPS) is 15.3. The molecule has 6 nitrogen and oxygen atoms in total. The number of hydrazone groups is 1. The fourth-order valence-electron chi connectivity index (χ4n) is 2.23. The highest BCUT2D eigenvalue weighted by Crippen LogP contribution is 2.16. The lowest BCUT2D eigenvalue weighted by atomic mass is 10.1. The first kappa shape index (κ1) is 16.3. The zero-order valence-electron chi connectivity index (χ0n) is 13.2. The molecular weight excluding hydrogens is 282 g/mol. The topological polar surface area (TPSA) is 63.2 Å². The van der Waals surface area contributed by atoms with Crippen LogP contribution in [0.4, 0.5) is 0 Å². The zero-order valence-corrected chi connectivity index (χ0v) is 13.2. The van der Waals surface area contributed by atoms with Crippen molar-refractivity contribution in [3.05, 3.63) is 24.3 Å². The maximum Gasteiger partial charge on any atom is 0.277 e. The molecule has 1 aliphatic heterocycles. The van der Waals surface area contributed by atoms with E-state index in [9.17, 15) is 4.79 Å². The molecule has 1 amide bonds. The molecule has 1 aromatic rings. The van der Waals surface area contributed by atoms with Crippen molar-refractivity contribution < 1.29 is 14.3 Å². The van der Waals surface area contributed by atoms with E-state index in [0.29, 0.717) is 5.75 Å². The summed E-state index contributed by atoms with van der Waals surface area (Å²) in [6.45, 7) is 5.18. The summed E-state index contributed by atoms with van der Waals surface area (Å²) in [4.78, 5) is 14.1. The van der Waals surface area contributed by atoms with E-state index < -0.39 is 0 Å². The van der Waals surface area contributed by atoms with Crippen molar-refractivity contribution in [3.8, 4) is 11.5 Å². The Kier molecular flexibility index (Phi) is 6.21. The van der Waals surface area contributed by atoms with Gasteiger partial charge < -0.3 is 14.4 Å². The zero-order chi connectivity index (χ0) is 15.8. The summed E-state index contributed by atoms with van der Waals surface area (Å²) in [6.07, 6.45) is 1.82. The average Bonchev–Trinajstić information content (AvgIpc) is 2.59. The Hall–Kier alpha value is -2.08. The van der Waals surface area contributed by atoms with Gasteiger partial charge in [0.25, 0.3) is 5.91 Å². The number of benzene rings is 1. The first-order valence-electron chi connectivity index (χ1n) is 7.54. The predicted octanol–water partition coefficient (Wildman–Crippen LogP) is 1.66. The summed E-state index contributed by atoms with van der Waals surface area (Å²) < 4.78 is 10.5. The monoisotopic (exact) mass is 305 g/mol. The molecule has 1 aromatic carbocycles. The van der Waals surface area contributed by atoms with E-state index in [0.717, 1.165) is 43.9 Å². The van der Waals surface area contributed by atoms with Crippen LogP contribution in [-0.4, -0.2) is 49.9 Å². The van der Waals surface area contributed by atoms with E-state index in [-0.39, 0.29) is 12.5 Å². The molecule has 0 radical (unpaired) electrons. The number of hydrogen-bond acceptors (Lipinski definition) is 5. The number of likely N-dealkylation sites (tertiary alicyclic amines) is 1. The number of hydrogen-bond donors (Lipinski definition) is 1. The smallest absolute Gasteiger partial charge is 0.277 e. The summed E-state index contributed by atoms with van der Waals surface area (Å²) in [5, 5.41) is 4.18. The van der Waals surface area contributed by atoms with Gasteiger partial charge in [0.15, 0.2) is 6.61 Å². The van der Waals surface area contributed by atoms with Gasteiger partial charge in [0.2, 0.25) is 0 Å². The third kappa shape index (κ3) is 5.04. The molecule has 1 fully saturated rings. The van der Waals surface area contributed by atoms with Gasteiger partial charge in [0, 0.05) is 31.6 Å². The van der Waals surface area contributed by atoms with Crippen molar-refractivity contribution in [3.63, 3.8) is 0 Å². The van der Waals surface area contributed by atoms with Gasteiger partial charge in [-0.05, 0) is 30.8 Å². The summed E-state index contributed by atoms with van der Waals surface area (Å²) in [6, 6.07) is 7.10. The maximum absolute atomic E-state index is 11.7. The molecule has 0 saturated carbocycles. The third-order valence-electron chi connectivity index (χ3n) is 3.65. The standard InChI is InChI=1S/C16H23N3O3/c1-3-19-10-8-13(9-11-19)17-18-16(20)12-22-15-6-4-14(21-2)5-7-15/h4-7H,3,8-12H2,1-2H3,(H,18,20). The second-order valence-corrected chi connectivity index (χ2v) is 5.11. The van der Waals surface area contributed by atoms with Gasteiger partial charge in [0.1, 0.15) is 11.5 Å². The van der Waals surface area contributed by atoms with Gasteiger partial charge in [-0.15, -0.1) is 0 Å². The number of amides is 1. The Labute approximate surface area is 131 Å². The Bertz CT molecular complexity index is 504. The number of rotatable bonds is 6.